The number of nitrogens with zero attached hydrogens (tertiary/aromatic N) is 3. The highest BCUT2D eigenvalue weighted by Gasteiger charge is 2.55. The molecule has 0 radical (unpaired) electrons. The number of hydrogen-bond donors (Lipinski definition) is 0. The Morgan fingerprint density at radius 2 is 2.21 bits per heavy atom. The van der Waals surface area contributed by atoms with Crippen LogP contribution in [0.3, 0.4) is 0 Å². The van der Waals surface area contributed by atoms with E-state index in [4.69, 9.17) is 0 Å². The van der Waals surface area contributed by atoms with Gasteiger partial charge in [0, 0.05) is 29.5 Å². The number of carbonyl (C=O) groups is 1. The molecule has 0 spiro atoms. The minimum Gasteiger partial charge on any atom is -0.282 e. The van der Waals surface area contributed by atoms with Crippen LogP contribution in [0.4, 0.5) is 0 Å². The Labute approximate surface area is 141 Å². The third-order valence-electron chi connectivity index (χ3n) is 6.73. The first-order valence-corrected chi connectivity index (χ1v) is 9.01. The molecule has 1 aromatic heterocycles. The Morgan fingerprint density at radius 1 is 1.38 bits per heavy atom. The number of nitriles is 1. The Bertz CT molecular complexity index is 905. The molecule has 3 atom stereocenters. The van der Waals surface area contributed by atoms with Crippen LogP contribution in [0.25, 0.3) is 10.9 Å². The molecular weight excluding hydrogens is 298 g/mol. The van der Waals surface area contributed by atoms with Crippen molar-refractivity contribution in [1.29, 1.82) is 5.26 Å². The Hall–Kier alpha value is -2.12. The van der Waals surface area contributed by atoms with Gasteiger partial charge in [0.15, 0.2) is 0 Å². The van der Waals surface area contributed by atoms with E-state index in [0.717, 1.165) is 37.7 Å². The lowest BCUT2D eigenvalue weighted by atomic mass is 9.63. The summed E-state index contributed by atoms with van der Waals surface area (Å²) in [7, 11) is 0. The van der Waals surface area contributed by atoms with E-state index in [-0.39, 0.29) is 23.4 Å². The second-order valence-electron chi connectivity index (χ2n) is 7.58. The number of para-hydroxylation sites is 1. The summed E-state index contributed by atoms with van der Waals surface area (Å²) in [6, 6.07) is 11.0. The molecular formula is C20H21N3O. The average Bonchev–Trinajstić information content (AvgIpc) is 2.96. The van der Waals surface area contributed by atoms with Crippen LogP contribution in [-0.4, -0.2) is 28.0 Å². The highest BCUT2D eigenvalue weighted by Crippen LogP contribution is 2.58. The first-order chi connectivity index (χ1) is 11.7. The van der Waals surface area contributed by atoms with Crippen molar-refractivity contribution in [3.8, 4) is 6.07 Å². The van der Waals surface area contributed by atoms with Crippen molar-refractivity contribution in [3.63, 3.8) is 0 Å². The van der Waals surface area contributed by atoms with Crippen molar-refractivity contribution in [2.24, 2.45) is 5.41 Å². The molecule has 122 valence electrons. The molecule has 4 heteroatoms. The minimum atomic E-state index is -0.0116. The molecule has 0 saturated carbocycles. The van der Waals surface area contributed by atoms with Gasteiger partial charge < -0.3 is 0 Å². The molecule has 0 amide bonds. The number of hydrogen-bond acceptors (Lipinski definition) is 3. The Kier molecular flexibility index (Phi) is 2.79. The Balaban J connectivity index is 1.85. The zero-order chi connectivity index (χ0) is 16.5. The van der Waals surface area contributed by atoms with E-state index < -0.39 is 0 Å². The minimum absolute atomic E-state index is 0.00395. The van der Waals surface area contributed by atoms with Gasteiger partial charge in [-0.2, -0.15) is 5.26 Å². The van der Waals surface area contributed by atoms with Crippen molar-refractivity contribution in [2.45, 2.75) is 51.1 Å². The predicted octanol–water partition coefficient (Wildman–Crippen LogP) is 3.67. The van der Waals surface area contributed by atoms with Crippen molar-refractivity contribution in [1.82, 2.24) is 9.47 Å². The van der Waals surface area contributed by atoms with E-state index >= 15 is 0 Å². The van der Waals surface area contributed by atoms with Gasteiger partial charge in [0.05, 0.1) is 23.7 Å². The standard InChI is InChI=1S/C20H21N3O/c1-2-20-9-7-13(12-21)22-10-8-15-14-5-3-4-6-16(14)23(17(24)11-20)18(15)19(20)22/h3-6,13,19H,2,7-11H2,1H3/t13-,19?,20+/m1/s1. The van der Waals surface area contributed by atoms with Gasteiger partial charge in [-0.25, -0.2) is 0 Å². The summed E-state index contributed by atoms with van der Waals surface area (Å²) >= 11 is 0. The predicted molar refractivity (Wildman–Crippen MR) is 91.7 cm³/mol. The molecule has 4 heterocycles. The second-order valence-corrected chi connectivity index (χ2v) is 7.58. The fourth-order valence-electron chi connectivity index (χ4n) is 5.58. The molecule has 1 unspecified atom stereocenters. The molecule has 1 saturated heterocycles. The Morgan fingerprint density at radius 3 is 3.00 bits per heavy atom. The van der Waals surface area contributed by atoms with Crippen LogP contribution in [0.1, 0.15) is 54.7 Å². The topological polar surface area (TPSA) is 49.0 Å². The lowest BCUT2D eigenvalue weighted by Crippen LogP contribution is -2.56. The van der Waals surface area contributed by atoms with Crippen LogP contribution in [0.2, 0.25) is 0 Å². The SMILES string of the molecule is CC[C@]12CC[C@H](C#N)N3CCc4c(n(c5ccccc45)C(=O)C1)C32. The summed E-state index contributed by atoms with van der Waals surface area (Å²) in [5.74, 6) is 0.239. The van der Waals surface area contributed by atoms with Gasteiger partial charge in [-0.15, -0.1) is 0 Å². The van der Waals surface area contributed by atoms with Crippen molar-refractivity contribution in [2.75, 3.05) is 6.54 Å². The fourth-order valence-corrected chi connectivity index (χ4v) is 5.58. The van der Waals surface area contributed by atoms with Gasteiger partial charge in [-0.3, -0.25) is 14.3 Å². The molecule has 1 fully saturated rings. The van der Waals surface area contributed by atoms with Gasteiger partial charge >= 0.3 is 0 Å². The number of carbonyl (C=O) groups excluding carboxylic acids is 1. The van der Waals surface area contributed by atoms with Crippen LogP contribution in [0.15, 0.2) is 24.3 Å². The molecule has 4 nitrogen and oxygen atoms in total. The first-order valence-electron chi connectivity index (χ1n) is 9.01. The number of aromatic nitrogens is 1. The smallest absolute Gasteiger partial charge is 0.231 e. The van der Waals surface area contributed by atoms with E-state index in [9.17, 15) is 10.1 Å². The average molecular weight is 319 g/mol. The largest absolute Gasteiger partial charge is 0.282 e. The lowest BCUT2D eigenvalue weighted by Gasteiger charge is -2.55. The number of benzene rings is 1. The highest BCUT2D eigenvalue weighted by molar-refractivity contribution is 5.97. The third-order valence-corrected chi connectivity index (χ3v) is 6.73. The summed E-state index contributed by atoms with van der Waals surface area (Å²) in [4.78, 5) is 15.5. The molecule has 3 aliphatic rings. The number of rotatable bonds is 1. The van der Waals surface area contributed by atoms with Gasteiger partial charge in [-0.1, -0.05) is 25.1 Å². The van der Waals surface area contributed by atoms with E-state index in [1.807, 2.05) is 10.6 Å². The summed E-state index contributed by atoms with van der Waals surface area (Å²) < 4.78 is 1.98. The second kappa shape index (κ2) is 4.70. The van der Waals surface area contributed by atoms with Gasteiger partial charge in [-0.05, 0) is 37.3 Å². The van der Waals surface area contributed by atoms with Crippen molar-refractivity contribution < 1.29 is 4.79 Å². The summed E-state index contributed by atoms with van der Waals surface area (Å²) in [6.45, 7) is 3.14. The van der Waals surface area contributed by atoms with Gasteiger partial charge in [0.2, 0.25) is 5.91 Å². The molecule has 5 rings (SSSR count). The molecule has 24 heavy (non-hydrogen) atoms. The fraction of sp³-hybridized carbons (Fsp3) is 0.500. The maximum Gasteiger partial charge on any atom is 0.231 e. The molecule has 0 aliphatic carbocycles. The van der Waals surface area contributed by atoms with Crippen LogP contribution in [0, 0.1) is 16.7 Å². The summed E-state index contributed by atoms with van der Waals surface area (Å²) in [5, 5.41) is 10.9. The molecule has 1 aromatic carbocycles. The highest BCUT2D eigenvalue weighted by atomic mass is 16.2. The molecule has 3 aliphatic heterocycles. The van der Waals surface area contributed by atoms with E-state index in [1.165, 1.54) is 16.6 Å². The molecule has 2 aromatic rings. The van der Waals surface area contributed by atoms with E-state index in [2.05, 4.69) is 36.1 Å². The quantitative estimate of drug-likeness (QED) is 0.806. The van der Waals surface area contributed by atoms with Crippen LogP contribution in [0.5, 0.6) is 0 Å². The van der Waals surface area contributed by atoms with Crippen molar-refractivity contribution in [3.05, 3.63) is 35.5 Å². The van der Waals surface area contributed by atoms with Gasteiger partial charge in [0.25, 0.3) is 0 Å². The third kappa shape index (κ3) is 1.54. The first kappa shape index (κ1) is 14.2. The summed E-state index contributed by atoms with van der Waals surface area (Å²) in [5.41, 5.74) is 3.60. The number of fused-ring (bicyclic) bond motifs is 3. The van der Waals surface area contributed by atoms with E-state index in [0.29, 0.717) is 6.42 Å². The maximum absolute atomic E-state index is 13.1. The molecule has 0 bridgehead atoms. The van der Waals surface area contributed by atoms with Gasteiger partial charge in [0.1, 0.15) is 0 Å². The zero-order valence-corrected chi connectivity index (χ0v) is 14.0. The van der Waals surface area contributed by atoms with Crippen molar-refractivity contribution >= 4 is 16.8 Å². The zero-order valence-electron chi connectivity index (χ0n) is 14.0. The van der Waals surface area contributed by atoms with E-state index in [1.54, 1.807) is 0 Å². The van der Waals surface area contributed by atoms with Crippen LogP contribution >= 0.6 is 0 Å². The molecule has 0 N–H and O–H groups in total. The van der Waals surface area contributed by atoms with Crippen LogP contribution < -0.4 is 0 Å². The lowest BCUT2D eigenvalue weighted by molar-refractivity contribution is -0.0350. The normalized spacial score (nSPS) is 31.8. The van der Waals surface area contributed by atoms with Crippen LogP contribution in [-0.2, 0) is 6.42 Å². The maximum atomic E-state index is 13.1. The monoisotopic (exact) mass is 319 g/mol. The number of piperidine rings is 1. The summed E-state index contributed by atoms with van der Waals surface area (Å²) in [6.07, 6.45) is 4.41.